The molecule has 1 aliphatic rings. The highest BCUT2D eigenvalue weighted by Gasteiger charge is 2.21. The number of halogens is 2. The van der Waals surface area contributed by atoms with Gasteiger partial charge >= 0.3 is 0 Å². The fourth-order valence-corrected chi connectivity index (χ4v) is 3.48. The Morgan fingerprint density at radius 2 is 1.94 bits per heavy atom. The van der Waals surface area contributed by atoms with Gasteiger partial charge < -0.3 is 5.11 Å². The minimum atomic E-state index is -3.69. The maximum atomic E-state index is 11.0. The van der Waals surface area contributed by atoms with E-state index in [0.29, 0.717) is 0 Å². The SMILES string of the molecule is O=S(=O)(Cl)Cc1cc2c(c(Cl)c1O)CCCC2. The van der Waals surface area contributed by atoms with Gasteiger partial charge in [0, 0.05) is 16.2 Å². The smallest absolute Gasteiger partial charge is 0.236 e. The van der Waals surface area contributed by atoms with Crippen molar-refractivity contribution >= 4 is 31.3 Å². The number of rotatable bonds is 2. The van der Waals surface area contributed by atoms with Crippen LogP contribution >= 0.6 is 22.3 Å². The van der Waals surface area contributed by atoms with E-state index in [1.54, 1.807) is 6.07 Å². The van der Waals surface area contributed by atoms with E-state index in [0.717, 1.165) is 36.8 Å². The quantitative estimate of drug-likeness (QED) is 0.853. The second kappa shape index (κ2) is 4.67. The Labute approximate surface area is 110 Å². The lowest BCUT2D eigenvalue weighted by Crippen LogP contribution is -2.06. The topological polar surface area (TPSA) is 54.4 Å². The summed E-state index contributed by atoms with van der Waals surface area (Å²) in [5.41, 5.74) is 2.24. The highest BCUT2D eigenvalue weighted by Crippen LogP contribution is 2.38. The molecule has 0 unspecified atom stereocenters. The summed E-state index contributed by atoms with van der Waals surface area (Å²) in [5, 5.41) is 10.1. The molecule has 0 heterocycles. The second-order valence-electron chi connectivity index (χ2n) is 4.23. The minimum absolute atomic E-state index is 0.156. The van der Waals surface area contributed by atoms with E-state index in [4.69, 9.17) is 22.3 Å². The summed E-state index contributed by atoms with van der Waals surface area (Å²) in [4.78, 5) is 0. The van der Waals surface area contributed by atoms with E-state index in [-0.39, 0.29) is 16.3 Å². The average Bonchev–Trinajstić information content (AvgIpc) is 2.24. The summed E-state index contributed by atoms with van der Waals surface area (Å²) >= 11 is 6.06. The molecule has 2 rings (SSSR count). The van der Waals surface area contributed by atoms with Gasteiger partial charge in [0.05, 0.1) is 10.8 Å². The number of phenolic OH excluding ortho intramolecular Hbond substituents is 1. The summed E-state index contributed by atoms with van der Waals surface area (Å²) in [5.74, 6) is -0.551. The van der Waals surface area contributed by atoms with Gasteiger partial charge in [-0.3, -0.25) is 0 Å². The van der Waals surface area contributed by atoms with Gasteiger partial charge in [-0.25, -0.2) is 8.42 Å². The van der Waals surface area contributed by atoms with Crippen LogP contribution < -0.4 is 0 Å². The van der Waals surface area contributed by atoms with Crippen molar-refractivity contribution in [2.75, 3.05) is 0 Å². The Morgan fingerprint density at radius 3 is 2.59 bits per heavy atom. The predicted molar refractivity (Wildman–Crippen MR) is 68.2 cm³/mol. The average molecular weight is 295 g/mol. The normalized spacial score (nSPS) is 15.6. The zero-order chi connectivity index (χ0) is 12.6. The highest BCUT2D eigenvalue weighted by atomic mass is 35.7. The molecule has 0 amide bonds. The van der Waals surface area contributed by atoms with Crippen LogP contribution in [0.4, 0.5) is 0 Å². The molecule has 0 fully saturated rings. The van der Waals surface area contributed by atoms with Gasteiger partial charge in [-0.1, -0.05) is 17.7 Å². The van der Waals surface area contributed by atoms with E-state index in [9.17, 15) is 13.5 Å². The van der Waals surface area contributed by atoms with Crippen molar-refractivity contribution in [3.63, 3.8) is 0 Å². The highest BCUT2D eigenvalue weighted by molar-refractivity contribution is 8.13. The molecule has 0 spiro atoms. The van der Waals surface area contributed by atoms with Gasteiger partial charge in [0.2, 0.25) is 9.05 Å². The standard InChI is InChI=1S/C11H12Cl2O3S/c12-10-9-4-2-1-3-7(9)5-8(11(10)14)6-17(13,15)16/h5,14H,1-4,6H2. The van der Waals surface area contributed by atoms with Crippen LogP contribution in [-0.4, -0.2) is 13.5 Å². The number of benzene rings is 1. The van der Waals surface area contributed by atoms with Crippen LogP contribution in [0, 0.1) is 0 Å². The van der Waals surface area contributed by atoms with E-state index in [1.165, 1.54) is 0 Å². The maximum Gasteiger partial charge on any atom is 0.236 e. The van der Waals surface area contributed by atoms with E-state index < -0.39 is 14.8 Å². The fourth-order valence-electron chi connectivity index (χ4n) is 2.20. The number of hydrogen-bond donors (Lipinski definition) is 1. The number of aromatic hydroxyl groups is 1. The van der Waals surface area contributed by atoms with Gasteiger partial charge in [-0.15, -0.1) is 0 Å². The third-order valence-electron chi connectivity index (χ3n) is 2.96. The van der Waals surface area contributed by atoms with Gasteiger partial charge in [0.15, 0.2) is 0 Å². The van der Waals surface area contributed by atoms with Crippen LogP contribution in [0.25, 0.3) is 0 Å². The van der Waals surface area contributed by atoms with E-state index >= 15 is 0 Å². The number of aryl methyl sites for hydroxylation is 1. The van der Waals surface area contributed by atoms with Crippen LogP contribution in [0.15, 0.2) is 6.07 Å². The Morgan fingerprint density at radius 1 is 1.29 bits per heavy atom. The van der Waals surface area contributed by atoms with Crippen LogP contribution in [-0.2, 0) is 27.6 Å². The first-order chi connectivity index (χ1) is 7.88. The molecule has 94 valence electrons. The monoisotopic (exact) mass is 294 g/mol. The van der Waals surface area contributed by atoms with Gasteiger partial charge in [0.25, 0.3) is 0 Å². The molecule has 17 heavy (non-hydrogen) atoms. The van der Waals surface area contributed by atoms with Crippen LogP contribution in [0.2, 0.25) is 5.02 Å². The van der Waals surface area contributed by atoms with Crippen LogP contribution in [0.5, 0.6) is 5.75 Å². The summed E-state index contributed by atoms with van der Waals surface area (Å²) < 4.78 is 22.1. The van der Waals surface area contributed by atoms with E-state index in [2.05, 4.69) is 0 Å². The summed E-state index contributed by atoms with van der Waals surface area (Å²) in [6, 6.07) is 1.70. The number of fused-ring (bicyclic) bond motifs is 1. The largest absolute Gasteiger partial charge is 0.506 e. The summed E-state index contributed by atoms with van der Waals surface area (Å²) in [6.07, 6.45) is 3.79. The van der Waals surface area contributed by atoms with Gasteiger partial charge in [-0.2, -0.15) is 0 Å². The lowest BCUT2D eigenvalue weighted by Gasteiger charge is -2.19. The zero-order valence-electron chi connectivity index (χ0n) is 9.04. The molecule has 0 aromatic heterocycles. The van der Waals surface area contributed by atoms with Crippen molar-refractivity contribution in [1.29, 1.82) is 0 Å². The Bertz CT molecular complexity index is 552. The first-order valence-electron chi connectivity index (χ1n) is 5.33. The molecule has 0 radical (unpaired) electrons. The molecular formula is C11H12Cl2O3S. The Hall–Kier alpha value is -0.450. The molecular weight excluding hydrogens is 283 g/mol. The molecule has 3 nitrogen and oxygen atoms in total. The molecule has 1 N–H and O–H groups in total. The Balaban J connectivity index is 2.51. The van der Waals surface area contributed by atoms with Crippen LogP contribution in [0.1, 0.15) is 29.5 Å². The van der Waals surface area contributed by atoms with Crippen molar-refractivity contribution in [2.45, 2.75) is 31.4 Å². The van der Waals surface area contributed by atoms with Crippen molar-refractivity contribution in [3.05, 3.63) is 27.8 Å². The molecule has 6 heteroatoms. The molecule has 1 aliphatic carbocycles. The van der Waals surface area contributed by atoms with Crippen LogP contribution in [0.3, 0.4) is 0 Å². The first-order valence-corrected chi connectivity index (χ1v) is 8.18. The molecule has 0 atom stereocenters. The summed E-state index contributed by atoms with van der Waals surface area (Å²) in [7, 11) is 1.50. The molecule has 1 aromatic carbocycles. The predicted octanol–water partition coefficient (Wildman–Crippen LogP) is 2.99. The maximum absolute atomic E-state index is 11.0. The first kappa shape index (κ1) is 13.0. The van der Waals surface area contributed by atoms with Crippen molar-refractivity contribution in [1.82, 2.24) is 0 Å². The lowest BCUT2D eigenvalue weighted by molar-refractivity contribution is 0.468. The van der Waals surface area contributed by atoms with Crippen molar-refractivity contribution < 1.29 is 13.5 Å². The number of phenols is 1. The van der Waals surface area contributed by atoms with Gasteiger partial charge in [0.1, 0.15) is 5.75 Å². The Kier molecular flexibility index (Phi) is 3.57. The fraction of sp³-hybridized carbons (Fsp3) is 0.455. The third-order valence-corrected chi connectivity index (χ3v) is 4.35. The zero-order valence-corrected chi connectivity index (χ0v) is 11.4. The van der Waals surface area contributed by atoms with E-state index in [1.807, 2.05) is 0 Å². The second-order valence-corrected chi connectivity index (χ2v) is 7.38. The minimum Gasteiger partial charge on any atom is -0.506 e. The van der Waals surface area contributed by atoms with Crippen molar-refractivity contribution in [2.24, 2.45) is 0 Å². The molecule has 0 saturated heterocycles. The van der Waals surface area contributed by atoms with Crippen molar-refractivity contribution in [3.8, 4) is 5.75 Å². The lowest BCUT2D eigenvalue weighted by atomic mass is 9.90. The molecule has 0 saturated carbocycles. The molecule has 0 aliphatic heterocycles. The van der Waals surface area contributed by atoms with Gasteiger partial charge in [-0.05, 0) is 36.8 Å². The molecule has 0 bridgehead atoms. The third kappa shape index (κ3) is 2.87. The molecule has 1 aromatic rings. The summed E-state index contributed by atoms with van der Waals surface area (Å²) in [6.45, 7) is 0. The number of hydrogen-bond acceptors (Lipinski definition) is 3.